The van der Waals surface area contributed by atoms with Crippen molar-refractivity contribution >= 4 is 28.7 Å². The van der Waals surface area contributed by atoms with Crippen molar-refractivity contribution in [1.29, 1.82) is 5.26 Å². The summed E-state index contributed by atoms with van der Waals surface area (Å²) in [5.41, 5.74) is 5.05. The Labute approximate surface area is 255 Å². The Hall–Kier alpha value is -4.93. The minimum absolute atomic E-state index is 0.196. The first-order valence-corrected chi connectivity index (χ1v) is 14.4. The van der Waals surface area contributed by atoms with Gasteiger partial charge < -0.3 is 9.47 Å². The van der Waals surface area contributed by atoms with E-state index in [0.29, 0.717) is 45.2 Å². The number of hydrogen-bond donors (Lipinski definition) is 0. The number of nitriles is 1. The van der Waals surface area contributed by atoms with E-state index >= 15 is 0 Å². The number of rotatable bonds is 9. The zero-order valence-electron chi connectivity index (χ0n) is 24.5. The van der Waals surface area contributed by atoms with Crippen molar-refractivity contribution in [2.24, 2.45) is 5.10 Å². The molecule has 0 amide bonds. The first kappa shape index (κ1) is 29.6. The number of halogens is 1. The lowest BCUT2D eigenvalue weighted by atomic mass is 9.96. The number of aryl methyl sites for hydroxylation is 1. The van der Waals surface area contributed by atoms with Crippen LogP contribution in [0.1, 0.15) is 54.5 Å². The number of benzene rings is 4. The highest BCUT2D eigenvalue weighted by atomic mass is 35.5. The molecule has 0 unspecified atom stereocenters. The molecular weight excluding hydrogens is 560 g/mol. The largest absolute Gasteiger partial charge is 0.494 e. The van der Waals surface area contributed by atoms with Crippen LogP contribution in [0.4, 0.5) is 0 Å². The van der Waals surface area contributed by atoms with Crippen molar-refractivity contribution in [3.63, 3.8) is 0 Å². The van der Waals surface area contributed by atoms with Crippen LogP contribution in [0.2, 0.25) is 5.02 Å². The van der Waals surface area contributed by atoms with Crippen molar-refractivity contribution in [2.75, 3.05) is 6.61 Å². The molecule has 5 aromatic rings. The summed E-state index contributed by atoms with van der Waals surface area (Å²) in [5.74, 6) is 1.93. The molecule has 0 aliphatic carbocycles. The molecule has 0 radical (unpaired) electrons. The predicted molar refractivity (Wildman–Crippen MR) is 171 cm³/mol. The third-order valence-electron chi connectivity index (χ3n) is 7.07. The Bertz CT molecular complexity index is 1940. The second-order valence-electron chi connectivity index (χ2n) is 10.4. The van der Waals surface area contributed by atoms with Crippen LogP contribution in [0.15, 0.2) is 88.8 Å². The Morgan fingerprint density at radius 2 is 1.79 bits per heavy atom. The summed E-state index contributed by atoms with van der Waals surface area (Å²) in [4.78, 5) is 18.6. The maximum atomic E-state index is 13.8. The van der Waals surface area contributed by atoms with Gasteiger partial charge in [-0.05, 0) is 85.0 Å². The van der Waals surface area contributed by atoms with Crippen molar-refractivity contribution < 1.29 is 9.47 Å². The second-order valence-corrected chi connectivity index (χ2v) is 10.8. The summed E-state index contributed by atoms with van der Waals surface area (Å²) in [6.07, 6.45) is 1.58. The molecule has 0 fully saturated rings. The quantitative estimate of drug-likeness (QED) is 0.163. The van der Waals surface area contributed by atoms with Gasteiger partial charge in [0.25, 0.3) is 5.56 Å². The van der Waals surface area contributed by atoms with Gasteiger partial charge in [0.2, 0.25) is 0 Å². The molecule has 5 rings (SSSR count). The molecule has 0 saturated heterocycles. The molecule has 0 N–H and O–H groups in total. The van der Waals surface area contributed by atoms with E-state index in [0.717, 1.165) is 28.0 Å². The van der Waals surface area contributed by atoms with E-state index in [2.05, 4.69) is 25.0 Å². The fourth-order valence-corrected chi connectivity index (χ4v) is 5.07. The third-order valence-corrected chi connectivity index (χ3v) is 7.37. The molecule has 0 atom stereocenters. The van der Waals surface area contributed by atoms with E-state index in [1.807, 2.05) is 62.4 Å². The van der Waals surface area contributed by atoms with Gasteiger partial charge >= 0.3 is 0 Å². The highest BCUT2D eigenvalue weighted by molar-refractivity contribution is 6.32. The molecule has 4 aromatic carbocycles. The summed E-state index contributed by atoms with van der Waals surface area (Å²) in [7, 11) is 0. The number of para-hydroxylation sites is 1. The highest BCUT2D eigenvalue weighted by Gasteiger charge is 2.18. The molecule has 1 heterocycles. The Morgan fingerprint density at radius 1 is 1.02 bits per heavy atom. The number of nitrogens with zero attached hydrogens (tertiary/aromatic N) is 4. The van der Waals surface area contributed by atoms with Crippen LogP contribution in [0.3, 0.4) is 0 Å². The van der Waals surface area contributed by atoms with E-state index in [-0.39, 0.29) is 18.1 Å². The van der Waals surface area contributed by atoms with E-state index in [1.165, 1.54) is 4.68 Å². The molecule has 43 heavy (non-hydrogen) atoms. The first-order valence-electron chi connectivity index (χ1n) is 14.0. The smallest absolute Gasteiger partial charge is 0.282 e. The van der Waals surface area contributed by atoms with Gasteiger partial charge in [-0.25, -0.2) is 4.98 Å². The van der Waals surface area contributed by atoms with Gasteiger partial charge in [-0.2, -0.15) is 15.0 Å². The first-order chi connectivity index (χ1) is 20.8. The summed E-state index contributed by atoms with van der Waals surface area (Å²) in [5, 5.41) is 14.8. The Kier molecular flexibility index (Phi) is 8.89. The van der Waals surface area contributed by atoms with Crippen molar-refractivity contribution in [3.05, 3.63) is 122 Å². The summed E-state index contributed by atoms with van der Waals surface area (Å²) >= 11 is 6.55. The van der Waals surface area contributed by atoms with Crippen LogP contribution >= 0.6 is 11.6 Å². The van der Waals surface area contributed by atoms with E-state index < -0.39 is 0 Å². The van der Waals surface area contributed by atoms with Crippen LogP contribution in [-0.4, -0.2) is 22.5 Å². The van der Waals surface area contributed by atoms with Gasteiger partial charge in [-0.1, -0.05) is 55.8 Å². The molecule has 8 heteroatoms. The molecular formula is C35H31ClN4O3. The molecule has 7 nitrogen and oxygen atoms in total. The minimum atomic E-state index is -0.279. The topological polar surface area (TPSA) is 89.5 Å². The summed E-state index contributed by atoms with van der Waals surface area (Å²) in [6.45, 7) is 8.92. The van der Waals surface area contributed by atoms with Gasteiger partial charge in [0.15, 0.2) is 5.82 Å². The molecule has 0 bridgehead atoms. The fourth-order valence-electron chi connectivity index (χ4n) is 4.83. The normalized spacial score (nSPS) is 11.3. The number of fused-ring (bicyclic) bond motifs is 1. The van der Waals surface area contributed by atoms with Gasteiger partial charge in [-0.3, -0.25) is 4.79 Å². The van der Waals surface area contributed by atoms with Crippen LogP contribution in [0.5, 0.6) is 11.5 Å². The highest BCUT2D eigenvalue weighted by Crippen LogP contribution is 2.34. The van der Waals surface area contributed by atoms with E-state index in [1.54, 1.807) is 36.5 Å². The lowest BCUT2D eigenvalue weighted by Gasteiger charge is -2.18. The van der Waals surface area contributed by atoms with Crippen LogP contribution in [0.25, 0.3) is 22.3 Å². The third kappa shape index (κ3) is 6.30. The predicted octanol–water partition coefficient (Wildman–Crippen LogP) is 7.88. The van der Waals surface area contributed by atoms with E-state index in [9.17, 15) is 10.1 Å². The monoisotopic (exact) mass is 590 g/mol. The molecule has 1 aromatic heterocycles. The molecule has 0 aliphatic rings. The summed E-state index contributed by atoms with van der Waals surface area (Å²) < 4.78 is 13.2. The van der Waals surface area contributed by atoms with Gasteiger partial charge in [0.1, 0.15) is 18.1 Å². The minimum Gasteiger partial charge on any atom is -0.494 e. The maximum absolute atomic E-state index is 13.8. The SMILES string of the molecule is CCOc1cc(C)c(-c2nc3ccccc3c(=O)n2N=Cc2ccc(OCc3ccccc3C#N)c(Cl)c2)cc1C(C)C. The van der Waals surface area contributed by atoms with Gasteiger partial charge in [0, 0.05) is 11.1 Å². The van der Waals surface area contributed by atoms with Crippen molar-refractivity contribution in [1.82, 2.24) is 9.66 Å². The standard InChI is InChI=1S/C35H31ClN4O3/c1-5-42-33-16-23(4)29(18-28(33)22(2)3)34-39-31-13-9-8-12-27(31)35(41)40(34)38-20-24-14-15-32(30(36)17-24)43-21-26-11-7-6-10-25(26)19-37/h6-18,20,22H,5,21H2,1-4H3. The van der Waals surface area contributed by atoms with Crippen LogP contribution in [0, 0.1) is 18.3 Å². The van der Waals surface area contributed by atoms with Crippen molar-refractivity contribution in [2.45, 2.75) is 40.2 Å². The Morgan fingerprint density at radius 3 is 2.53 bits per heavy atom. The molecule has 216 valence electrons. The molecule has 0 spiro atoms. The number of aromatic nitrogens is 2. The van der Waals surface area contributed by atoms with Crippen LogP contribution < -0.4 is 15.0 Å². The molecule has 0 aliphatic heterocycles. The zero-order chi connectivity index (χ0) is 30.5. The lowest BCUT2D eigenvalue weighted by molar-refractivity contribution is 0.306. The van der Waals surface area contributed by atoms with Crippen molar-refractivity contribution in [3.8, 4) is 29.0 Å². The number of ether oxygens (including phenoxy) is 2. The zero-order valence-corrected chi connectivity index (χ0v) is 25.2. The average molecular weight is 591 g/mol. The fraction of sp³-hybridized carbons (Fsp3) is 0.200. The lowest BCUT2D eigenvalue weighted by Crippen LogP contribution is -2.20. The average Bonchev–Trinajstić information content (AvgIpc) is 3.00. The van der Waals surface area contributed by atoms with Crippen LogP contribution in [-0.2, 0) is 6.61 Å². The summed E-state index contributed by atoms with van der Waals surface area (Å²) in [6, 6.07) is 26.0. The second kappa shape index (κ2) is 12.9. The van der Waals surface area contributed by atoms with Gasteiger partial charge in [0.05, 0.1) is 40.4 Å². The van der Waals surface area contributed by atoms with E-state index in [4.69, 9.17) is 26.1 Å². The number of hydrogen-bond acceptors (Lipinski definition) is 6. The maximum Gasteiger partial charge on any atom is 0.282 e. The Balaban J connectivity index is 1.54. The molecule has 0 saturated carbocycles. The van der Waals surface area contributed by atoms with Gasteiger partial charge in [-0.15, -0.1) is 0 Å².